The first-order valence-corrected chi connectivity index (χ1v) is 11.8. The first-order valence-electron chi connectivity index (χ1n) is 10.4. The van der Waals surface area contributed by atoms with Crippen molar-refractivity contribution in [2.45, 2.75) is 25.9 Å². The lowest BCUT2D eigenvalue weighted by Crippen LogP contribution is -2.53. The van der Waals surface area contributed by atoms with Crippen molar-refractivity contribution in [1.82, 2.24) is 13.5 Å². The lowest BCUT2D eigenvalue weighted by Gasteiger charge is -2.38. The van der Waals surface area contributed by atoms with E-state index < -0.39 is 10.2 Å². The van der Waals surface area contributed by atoms with Gasteiger partial charge in [0.25, 0.3) is 10.2 Å². The van der Waals surface area contributed by atoms with Gasteiger partial charge < -0.3 is 4.74 Å². The molecule has 0 saturated carbocycles. The molecule has 3 aliphatic rings. The van der Waals surface area contributed by atoms with Crippen molar-refractivity contribution in [3.05, 3.63) is 64.7 Å². The van der Waals surface area contributed by atoms with E-state index >= 15 is 0 Å². The molecule has 5 rings (SSSR count). The van der Waals surface area contributed by atoms with E-state index in [1.54, 1.807) is 8.61 Å². The summed E-state index contributed by atoms with van der Waals surface area (Å²) >= 11 is 0. The summed E-state index contributed by atoms with van der Waals surface area (Å²) in [5, 5.41) is 0. The van der Waals surface area contributed by atoms with Gasteiger partial charge in [-0.05, 0) is 34.7 Å². The molecule has 0 spiro atoms. The van der Waals surface area contributed by atoms with Crippen molar-refractivity contribution in [3.63, 3.8) is 0 Å². The molecule has 7 heteroatoms. The van der Waals surface area contributed by atoms with Gasteiger partial charge >= 0.3 is 0 Å². The third-order valence-electron chi connectivity index (χ3n) is 6.24. The molecule has 1 saturated heterocycles. The Labute approximate surface area is 172 Å². The van der Waals surface area contributed by atoms with E-state index in [0.717, 1.165) is 50.4 Å². The molecule has 0 radical (unpaired) electrons. The Kier molecular flexibility index (Phi) is 5.07. The summed E-state index contributed by atoms with van der Waals surface area (Å²) in [7, 11) is -3.41. The number of nitrogens with zero attached hydrogens (tertiary/aromatic N) is 3. The van der Waals surface area contributed by atoms with Crippen LogP contribution in [0.15, 0.2) is 42.5 Å². The van der Waals surface area contributed by atoms with Crippen LogP contribution in [-0.4, -0.2) is 61.3 Å². The van der Waals surface area contributed by atoms with Crippen LogP contribution in [0.3, 0.4) is 0 Å². The van der Waals surface area contributed by atoms with Gasteiger partial charge in [-0.3, -0.25) is 4.90 Å². The van der Waals surface area contributed by atoms with E-state index in [1.165, 1.54) is 16.7 Å². The zero-order valence-electron chi connectivity index (χ0n) is 16.6. The zero-order chi connectivity index (χ0) is 19.8. The molecule has 0 N–H and O–H groups in total. The first-order chi connectivity index (χ1) is 14.1. The maximum atomic E-state index is 13.2. The second-order valence-electron chi connectivity index (χ2n) is 8.08. The van der Waals surface area contributed by atoms with E-state index in [4.69, 9.17) is 4.74 Å². The highest BCUT2D eigenvalue weighted by Gasteiger charge is 2.34. The molecule has 6 nitrogen and oxygen atoms in total. The molecule has 0 atom stereocenters. The molecular formula is C22H27N3O3S. The smallest absolute Gasteiger partial charge is 0.282 e. The fourth-order valence-corrected chi connectivity index (χ4v) is 6.12. The number of hydrogen-bond donors (Lipinski definition) is 0. The number of ether oxygens (including phenoxy) is 1. The molecule has 0 bridgehead atoms. The molecule has 0 unspecified atom stereocenters. The van der Waals surface area contributed by atoms with E-state index in [1.807, 2.05) is 18.2 Å². The van der Waals surface area contributed by atoms with Gasteiger partial charge in [0.05, 0.1) is 6.61 Å². The average Bonchev–Trinajstić information content (AvgIpc) is 3.22. The molecule has 154 valence electrons. The van der Waals surface area contributed by atoms with Crippen molar-refractivity contribution >= 4 is 10.2 Å². The summed E-state index contributed by atoms with van der Waals surface area (Å²) in [6.07, 6.45) is 1.77. The lowest BCUT2D eigenvalue weighted by molar-refractivity contribution is 0.173. The number of hydrogen-bond acceptors (Lipinski definition) is 4. The molecule has 0 amide bonds. The van der Waals surface area contributed by atoms with Gasteiger partial charge in [0.2, 0.25) is 0 Å². The summed E-state index contributed by atoms with van der Waals surface area (Å²) in [6.45, 7) is 5.30. The van der Waals surface area contributed by atoms with Gasteiger partial charge in [0.1, 0.15) is 5.75 Å². The second kappa shape index (κ2) is 7.72. The fourth-order valence-electron chi connectivity index (χ4n) is 4.54. The Hall–Kier alpha value is -1.93. The molecule has 2 aromatic rings. The van der Waals surface area contributed by atoms with Crippen LogP contribution in [0.25, 0.3) is 0 Å². The number of piperazine rings is 1. The second-order valence-corrected chi connectivity index (χ2v) is 10.0. The topological polar surface area (TPSA) is 53.1 Å². The quantitative estimate of drug-likeness (QED) is 0.770. The van der Waals surface area contributed by atoms with Crippen molar-refractivity contribution < 1.29 is 13.2 Å². The minimum atomic E-state index is -3.41. The predicted molar refractivity (Wildman–Crippen MR) is 112 cm³/mol. The van der Waals surface area contributed by atoms with Gasteiger partial charge in [-0.2, -0.15) is 17.0 Å². The molecular weight excluding hydrogens is 386 g/mol. The van der Waals surface area contributed by atoms with Gasteiger partial charge in [0.15, 0.2) is 0 Å². The van der Waals surface area contributed by atoms with E-state index in [2.05, 4.69) is 29.2 Å². The standard InChI is InChI=1S/C22H27N3O3S/c26-29(27,25-9-7-19-3-1-2-4-21(19)17-25)24-12-10-23(11-13-24)16-18-5-6-22-20(15-18)8-14-28-22/h1-6,15H,7-14,16-17H2. The van der Waals surface area contributed by atoms with Gasteiger partial charge in [-0.1, -0.05) is 36.4 Å². The van der Waals surface area contributed by atoms with Crippen LogP contribution in [0, 0.1) is 0 Å². The van der Waals surface area contributed by atoms with Crippen LogP contribution >= 0.6 is 0 Å². The Morgan fingerprint density at radius 2 is 1.62 bits per heavy atom. The van der Waals surface area contributed by atoms with E-state index in [9.17, 15) is 8.42 Å². The first kappa shape index (κ1) is 19.1. The Balaban J connectivity index is 1.20. The van der Waals surface area contributed by atoms with Crippen molar-refractivity contribution in [3.8, 4) is 5.75 Å². The predicted octanol–water partition coefficient (Wildman–Crippen LogP) is 2.04. The van der Waals surface area contributed by atoms with E-state index in [-0.39, 0.29) is 0 Å². The van der Waals surface area contributed by atoms with E-state index in [0.29, 0.717) is 26.2 Å². The number of fused-ring (bicyclic) bond motifs is 2. The fraction of sp³-hybridized carbons (Fsp3) is 0.455. The average molecular weight is 414 g/mol. The maximum absolute atomic E-state index is 13.2. The molecule has 2 aromatic carbocycles. The van der Waals surface area contributed by atoms with Gasteiger partial charge in [-0.15, -0.1) is 0 Å². The largest absolute Gasteiger partial charge is 0.493 e. The normalized spacial score (nSPS) is 20.8. The van der Waals surface area contributed by atoms with Crippen molar-refractivity contribution in [1.29, 1.82) is 0 Å². The molecule has 3 aliphatic heterocycles. The van der Waals surface area contributed by atoms with Crippen LogP contribution in [0.4, 0.5) is 0 Å². The van der Waals surface area contributed by atoms with Gasteiger partial charge in [0, 0.05) is 52.2 Å². The van der Waals surface area contributed by atoms with Crippen molar-refractivity contribution in [2.24, 2.45) is 0 Å². The lowest BCUT2D eigenvalue weighted by atomic mass is 10.0. The highest BCUT2D eigenvalue weighted by Crippen LogP contribution is 2.27. The van der Waals surface area contributed by atoms with Crippen LogP contribution in [-0.2, 0) is 36.1 Å². The summed E-state index contributed by atoms with van der Waals surface area (Å²) in [4.78, 5) is 2.34. The molecule has 0 aliphatic carbocycles. The Morgan fingerprint density at radius 1 is 0.828 bits per heavy atom. The summed E-state index contributed by atoms with van der Waals surface area (Å²) in [5.74, 6) is 1.01. The maximum Gasteiger partial charge on any atom is 0.282 e. The molecule has 3 heterocycles. The third-order valence-corrected chi connectivity index (χ3v) is 8.22. The molecule has 29 heavy (non-hydrogen) atoms. The van der Waals surface area contributed by atoms with Crippen LogP contribution in [0.2, 0.25) is 0 Å². The van der Waals surface area contributed by atoms with Crippen LogP contribution < -0.4 is 4.74 Å². The number of rotatable bonds is 4. The molecule has 1 fully saturated rings. The summed E-state index contributed by atoms with van der Waals surface area (Å²) < 4.78 is 35.2. The highest BCUT2D eigenvalue weighted by atomic mass is 32.2. The molecule has 0 aromatic heterocycles. The highest BCUT2D eigenvalue weighted by molar-refractivity contribution is 7.86. The SMILES string of the molecule is O=S(=O)(N1CCN(Cc2ccc3c(c2)CCO3)CC1)N1CCc2ccccc2C1. The minimum absolute atomic E-state index is 0.482. The van der Waals surface area contributed by atoms with Crippen LogP contribution in [0.1, 0.15) is 22.3 Å². The summed E-state index contributed by atoms with van der Waals surface area (Å²) in [5.41, 5.74) is 4.96. The zero-order valence-corrected chi connectivity index (χ0v) is 17.4. The van der Waals surface area contributed by atoms with Crippen LogP contribution in [0.5, 0.6) is 5.75 Å². The summed E-state index contributed by atoms with van der Waals surface area (Å²) in [6, 6.07) is 14.6. The monoisotopic (exact) mass is 413 g/mol. The van der Waals surface area contributed by atoms with Gasteiger partial charge in [-0.25, -0.2) is 0 Å². The Morgan fingerprint density at radius 3 is 2.45 bits per heavy atom. The Bertz CT molecular complexity index is 1000. The third kappa shape index (κ3) is 3.80. The minimum Gasteiger partial charge on any atom is -0.493 e. The van der Waals surface area contributed by atoms with Crippen molar-refractivity contribution in [2.75, 3.05) is 39.3 Å². The number of benzene rings is 2.